The highest BCUT2D eigenvalue weighted by atomic mass is 32.2. The quantitative estimate of drug-likeness (QED) is 0.482. The maximum Gasteiger partial charge on any atom is 0.262 e. The average Bonchev–Trinajstić information content (AvgIpc) is 3.03. The van der Waals surface area contributed by atoms with Gasteiger partial charge in [0.15, 0.2) is 0 Å². The van der Waals surface area contributed by atoms with Crippen molar-refractivity contribution in [2.24, 2.45) is 0 Å². The zero-order valence-corrected chi connectivity index (χ0v) is 17.2. The Bertz CT molecular complexity index is 1080. The van der Waals surface area contributed by atoms with E-state index in [0.717, 1.165) is 15.4 Å². The summed E-state index contributed by atoms with van der Waals surface area (Å²) in [6, 6.07) is 22.6. The number of rotatable bonds is 6. The van der Waals surface area contributed by atoms with Gasteiger partial charge >= 0.3 is 0 Å². The molecule has 6 heteroatoms. The van der Waals surface area contributed by atoms with Crippen LogP contribution in [-0.2, 0) is 11.2 Å². The Morgan fingerprint density at radius 2 is 1.53 bits per heavy atom. The topological polar surface area (TPSA) is 66.5 Å². The fourth-order valence-electron chi connectivity index (χ4n) is 3.56. The molecule has 0 aromatic heterocycles. The Balaban J connectivity index is 1.67. The normalized spacial score (nSPS) is 13.8. The standard InChI is InChI=1S/C24H20N2O3S/c1-30-18-11-7-10-17(15-18)25-22(27)21(14-16-8-3-2-4-9-16)26-23(28)19-12-5-6-13-20(19)24(26)29/h2-13,15,21H,14H2,1H3,(H,25,27)/t21-/m0/s1. The first-order chi connectivity index (χ1) is 14.6. The second-order valence-corrected chi connectivity index (χ2v) is 7.83. The Labute approximate surface area is 179 Å². The van der Waals surface area contributed by atoms with Gasteiger partial charge in [0.05, 0.1) is 11.1 Å². The van der Waals surface area contributed by atoms with Gasteiger partial charge in [0, 0.05) is 17.0 Å². The average molecular weight is 417 g/mol. The minimum Gasteiger partial charge on any atom is -0.324 e. The van der Waals surface area contributed by atoms with E-state index in [0.29, 0.717) is 16.8 Å². The molecule has 1 N–H and O–H groups in total. The summed E-state index contributed by atoms with van der Waals surface area (Å²) in [5.74, 6) is -1.28. The summed E-state index contributed by atoms with van der Waals surface area (Å²) in [7, 11) is 0. The van der Waals surface area contributed by atoms with Crippen molar-refractivity contribution >= 4 is 35.2 Å². The van der Waals surface area contributed by atoms with E-state index in [9.17, 15) is 14.4 Å². The lowest BCUT2D eigenvalue weighted by atomic mass is 10.0. The third-order valence-electron chi connectivity index (χ3n) is 5.05. The number of hydrogen-bond acceptors (Lipinski definition) is 4. The predicted molar refractivity (Wildman–Crippen MR) is 118 cm³/mol. The molecule has 3 amide bonds. The molecule has 0 fully saturated rings. The van der Waals surface area contributed by atoms with Crippen LogP contribution in [0.2, 0.25) is 0 Å². The number of carbonyl (C=O) groups is 3. The van der Waals surface area contributed by atoms with E-state index >= 15 is 0 Å². The third-order valence-corrected chi connectivity index (χ3v) is 5.77. The number of imide groups is 1. The first-order valence-electron chi connectivity index (χ1n) is 9.54. The minimum absolute atomic E-state index is 0.236. The molecule has 30 heavy (non-hydrogen) atoms. The number of hydrogen-bond donors (Lipinski definition) is 1. The summed E-state index contributed by atoms with van der Waals surface area (Å²) < 4.78 is 0. The lowest BCUT2D eigenvalue weighted by molar-refractivity contribution is -0.119. The van der Waals surface area contributed by atoms with Gasteiger partial charge in [-0.1, -0.05) is 48.5 Å². The molecule has 3 aromatic rings. The molecule has 0 saturated heterocycles. The van der Waals surface area contributed by atoms with E-state index in [-0.39, 0.29) is 6.42 Å². The molecular weight excluding hydrogens is 396 g/mol. The SMILES string of the molecule is CSc1cccc(NC(=O)[C@H](Cc2ccccc2)N2C(=O)c3ccccc3C2=O)c1. The van der Waals surface area contributed by atoms with Crippen molar-refractivity contribution in [3.05, 3.63) is 95.6 Å². The number of anilines is 1. The van der Waals surface area contributed by atoms with Crippen LogP contribution in [0.4, 0.5) is 5.69 Å². The van der Waals surface area contributed by atoms with E-state index in [2.05, 4.69) is 5.32 Å². The second-order valence-electron chi connectivity index (χ2n) is 6.95. The van der Waals surface area contributed by atoms with Crippen LogP contribution in [0.1, 0.15) is 26.3 Å². The lowest BCUT2D eigenvalue weighted by Crippen LogP contribution is -2.48. The Morgan fingerprint density at radius 1 is 0.900 bits per heavy atom. The summed E-state index contributed by atoms with van der Waals surface area (Å²) in [6.45, 7) is 0. The Morgan fingerprint density at radius 3 is 2.17 bits per heavy atom. The highest BCUT2D eigenvalue weighted by Crippen LogP contribution is 2.27. The van der Waals surface area contributed by atoms with Crippen molar-refractivity contribution in [2.45, 2.75) is 17.4 Å². The van der Waals surface area contributed by atoms with Crippen molar-refractivity contribution in [2.75, 3.05) is 11.6 Å². The van der Waals surface area contributed by atoms with Crippen LogP contribution in [0.3, 0.4) is 0 Å². The molecule has 150 valence electrons. The zero-order valence-electron chi connectivity index (χ0n) is 16.4. The highest BCUT2D eigenvalue weighted by molar-refractivity contribution is 7.98. The minimum atomic E-state index is -0.960. The van der Waals surface area contributed by atoms with Gasteiger partial charge in [0.25, 0.3) is 11.8 Å². The Hall–Kier alpha value is -3.38. The second kappa shape index (κ2) is 8.55. The fraction of sp³-hybridized carbons (Fsp3) is 0.125. The summed E-state index contributed by atoms with van der Waals surface area (Å²) in [6.07, 6.45) is 2.19. The van der Waals surface area contributed by atoms with Crippen LogP contribution in [0, 0.1) is 0 Å². The van der Waals surface area contributed by atoms with Crippen LogP contribution in [0.25, 0.3) is 0 Å². The number of amides is 3. The number of nitrogens with one attached hydrogen (secondary N) is 1. The summed E-state index contributed by atoms with van der Waals surface area (Å²) in [4.78, 5) is 41.4. The van der Waals surface area contributed by atoms with Crippen LogP contribution < -0.4 is 5.32 Å². The molecular formula is C24H20N2O3S. The molecule has 0 radical (unpaired) electrons. The van der Waals surface area contributed by atoms with Crippen LogP contribution in [-0.4, -0.2) is 34.9 Å². The van der Waals surface area contributed by atoms with Gasteiger partial charge in [-0.15, -0.1) is 11.8 Å². The van der Waals surface area contributed by atoms with Crippen molar-refractivity contribution in [3.63, 3.8) is 0 Å². The maximum atomic E-state index is 13.3. The zero-order chi connectivity index (χ0) is 21.1. The van der Waals surface area contributed by atoms with Crippen LogP contribution >= 0.6 is 11.8 Å². The molecule has 1 aliphatic heterocycles. The first kappa shape index (κ1) is 19.9. The number of carbonyl (C=O) groups excluding carboxylic acids is 3. The van der Waals surface area contributed by atoms with Gasteiger partial charge in [0.1, 0.15) is 6.04 Å². The molecule has 1 atom stereocenters. The van der Waals surface area contributed by atoms with E-state index < -0.39 is 23.8 Å². The van der Waals surface area contributed by atoms with Gasteiger partial charge in [-0.3, -0.25) is 19.3 Å². The third kappa shape index (κ3) is 3.86. The molecule has 0 saturated carbocycles. The fourth-order valence-corrected chi connectivity index (χ4v) is 4.02. The van der Waals surface area contributed by atoms with Crippen molar-refractivity contribution < 1.29 is 14.4 Å². The van der Waals surface area contributed by atoms with Crippen molar-refractivity contribution in [1.82, 2.24) is 4.90 Å². The van der Waals surface area contributed by atoms with Gasteiger partial charge in [-0.25, -0.2) is 0 Å². The molecule has 5 nitrogen and oxygen atoms in total. The molecule has 0 spiro atoms. The molecule has 0 unspecified atom stereocenters. The van der Waals surface area contributed by atoms with Crippen molar-refractivity contribution in [1.29, 1.82) is 0 Å². The van der Waals surface area contributed by atoms with Gasteiger partial charge in [-0.05, 0) is 42.2 Å². The first-order valence-corrected chi connectivity index (χ1v) is 10.8. The molecule has 1 heterocycles. The maximum absolute atomic E-state index is 13.3. The van der Waals surface area contributed by atoms with Crippen LogP contribution in [0.5, 0.6) is 0 Å². The summed E-state index contributed by atoms with van der Waals surface area (Å²) in [5, 5.41) is 2.88. The molecule has 3 aromatic carbocycles. The van der Waals surface area contributed by atoms with Crippen LogP contribution in [0.15, 0.2) is 83.8 Å². The molecule has 1 aliphatic rings. The molecule has 0 aliphatic carbocycles. The summed E-state index contributed by atoms with van der Waals surface area (Å²) >= 11 is 1.57. The van der Waals surface area contributed by atoms with Gasteiger partial charge < -0.3 is 5.32 Å². The van der Waals surface area contributed by atoms with Gasteiger partial charge in [0.2, 0.25) is 5.91 Å². The van der Waals surface area contributed by atoms with E-state index in [4.69, 9.17) is 0 Å². The van der Waals surface area contributed by atoms with Crippen molar-refractivity contribution in [3.8, 4) is 0 Å². The number of benzene rings is 3. The lowest BCUT2D eigenvalue weighted by Gasteiger charge is -2.25. The largest absolute Gasteiger partial charge is 0.324 e. The highest BCUT2D eigenvalue weighted by Gasteiger charge is 2.42. The van der Waals surface area contributed by atoms with E-state index in [1.807, 2.05) is 54.8 Å². The number of nitrogens with zero attached hydrogens (tertiary/aromatic N) is 1. The van der Waals surface area contributed by atoms with Gasteiger partial charge in [-0.2, -0.15) is 0 Å². The Kier molecular flexibility index (Phi) is 5.68. The monoisotopic (exact) mass is 416 g/mol. The summed E-state index contributed by atoms with van der Waals surface area (Å²) in [5.41, 5.74) is 2.16. The molecule has 4 rings (SSSR count). The number of thioether (sulfide) groups is 1. The predicted octanol–water partition coefficient (Wildman–Crippen LogP) is 4.25. The molecule has 0 bridgehead atoms. The number of fused-ring (bicyclic) bond motifs is 1. The van der Waals surface area contributed by atoms with E-state index in [1.165, 1.54) is 0 Å². The smallest absolute Gasteiger partial charge is 0.262 e. The van der Waals surface area contributed by atoms with E-state index in [1.54, 1.807) is 42.1 Å².